The van der Waals surface area contributed by atoms with Gasteiger partial charge in [-0.15, -0.1) is 0 Å². The normalized spacial score (nSPS) is 10.3. The molecule has 0 aliphatic rings. The van der Waals surface area contributed by atoms with Crippen molar-refractivity contribution in [1.82, 2.24) is 5.32 Å². The van der Waals surface area contributed by atoms with E-state index in [0.717, 1.165) is 17.2 Å². The highest BCUT2D eigenvalue weighted by molar-refractivity contribution is 6.01. The highest BCUT2D eigenvalue weighted by Gasteiger charge is 2.12. The van der Waals surface area contributed by atoms with Gasteiger partial charge in [-0.25, -0.2) is 0 Å². The lowest BCUT2D eigenvalue weighted by Crippen LogP contribution is -2.24. The second kappa shape index (κ2) is 5.54. The van der Waals surface area contributed by atoms with E-state index in [0.29, 0.717) is 17.9 Å². The van der Waals surface area contributed by atoms with Crippen LogP contribution >= 0.6 is 0 Å². The smallest absolute Gasteiger partial charge is 0.255 e. The lowest BCUT2D eigenvalue weighted by Gasteiger charge is -2.10. The molecule has 18 heavy (non-hydrogen) atoms. The number of ether oxygens (including phenoxy) is 1. The molecule has 2 rings (SSSR count). The molecule has 0 bridgehead atoms. The topological polar surface area (TPSA) is 38.3 Å². The monoisotopic (exact) mass is 243 g/mol. The SMILES string of the molecule is CCCNC(=O)c1cc2ccccc2cc1OC. The number of nitrogens with one attached hydrogen (secondary N) is 1. The highest BCUT2D eigenvalue weighted by atomic mass is 16.5. The molecule has 2 aromatic carbocycles. The molecule has 0 heterocycles. The zero-order valence-electron chi connectivity index (χ0n) is 10.7. The molecule has 0 aliphatic heterocycles. The van der Waals surface area contributed by atoms with E-state index in [9.17, 15) is 4.79 Å². The van der Waals surface area contributed by atoms with Crippen LogP contribution in [0.25, 0.3) is 10.8 Å². The van der Waals surface area contributed by atoms with Gasteiger partial charge in [0, 0.05) is 6.54 Å². The van der Waals surface area contributed by atoms with E-state index in [-0.39, 0.29) is 5.91 Å². The molecule has 1 N–H and O–H groups in total. The summed E-state index contributed by atoms with van der Waals surface area (Å²) in [6.45, 7) is 2.70. The fourth-order valence-electron chi connectivity index (χ4n) is 1.90. The average molecular weight is 243 g/mol. The quantitative estimate of drug-likeness (QED) is 0.896. The van der Waals surface area contributed by atoms with Crippen molar-refractivity contribution in [2.75, 3.05) is 13.7 Å². The Morgan fingerprint density at radius 2 is 1.89 bits per heavy atom. The van der Waals surface area contributed by atoms with E-state index < -0.39 is 0 Å². The van der Waals surface area contributed by atoms with Crippen LogP contribution in [0.15, 0.2) is 36.4 Å². The van der Waals surface area contributed by atoms with Gasteiger partial charge >= 0.3 is 0 Å². The maximum Gasteiger partial charge on any atom is 0.255 e. The fraction of sp³-hybridized carbons (Fsp3) is 0.267. The first-order chi connectivity index (χ1) is 8.76. The summed E-state index contributed by atoms with van der Waals surface area (Å²) in [5.74, 6) is 0.529. The second-order valence-corrected chi connectivity index (χ2v) is 4.16. The molecule has 2 aromatic rings. The van der Waals surface area contributed by atoms with Crippen molar-refractivity contribution in [1.29, 1.82) is 0 Å². The van der Waals surface area contributed by atoms with Gasteiger partial charge in [-0.3, -0.25) is 4.79 Å². The summed E-state index contributed by atoms with van der Waals surface area (Å²) in [6.07, 6.45) is 0.918. The first-order valence-corrected chi connectivity index (χ1v) is 6.11. The molecular weight excluding hydrogens is 226 g/mol. The molecule has 0 unspecified atom stereocenters. The summed E-state index contributed by atoms with van der Waals surface area (Å²) < 4.78 is 5.29. The third-order valence-electron chi connectivity index (χ3n) is 2.85. The van der Waals surface area contributed by atoms with Gasteiger partial charge in [-0.1, -0.05) is 31.2 Å². The predicted octanol–water partition coefficient (Wildman–Crippen LogP) is 2.99. The Bertz CT molecular complexity index is 563. The largest absolute Gasteiger partial charge is 0.496 e. The van der Waals surface area contributed by atoms with Gasteiger partial charge in [0.1, 0.15) is 5.75 Å². The van der Waals surface area contributed by atoms with E-state index in [4.69, 9.17) is 4.74 Å². The molecular formula is C15H17NO2. The number of amides is 1. The van der Waals surface area contributed by atoms with Crippen LogP contribution in [0, 0.1) is 0 Å². The summed E-state index contributed by atoms with van der Waals surface area (Å²) in [5.41, 5.74) is 0.588. The van der Waals surface area contributed by atoms with Crippen LogP contribution in [-0.2, 0) is 0 Å². The first kappa shape index (κ1) is 12.4. The number of fused-ring (bicyclic) bond motifs is 1. The predicted molar refractivity (Wildman–Crippen MR) is 73.1 cm³/mol. The number of hydrogen-bond acceptors (Lipinski definition) is 2. The van der Waals surface area contributed by atoms with E-state index >= 15 is 0 Å². The standard InChI is InChI=1S/C15H17NO2/c1-3-8-16-15(17)13-9-11-6-4-5-7-12(11)10-14(13)18-2/h4-7,9-10H,3,8H2,1-2H3,(H,16,17). The van der Waals surface area contributed by atoms with Crippen molar-refractivity contribution >= 4 is 16.7 Å². The van der Waals surface area contributed by atoms with E-state index in [1.807, 2.05) is 43.3 Å². The highest BCUT2D eigenvalue weighted by Crippen LogP contribution is 2.25. The molecule has 0 fully saturated rings. The summed E-state index contributed by atoms with van der Waals surface area (Å²) in [6, 6.07) is 11.7. The van der Waals surface area contributed by atoms with E-state index in [1.165, 1.54) is 0 Å². The maximum atomic E-state index is 12.0. The molecule has 0 radical (unpaired) electrons. The molecule has 0 saturated carbocycles. The number of hydrogen-bond donors (Lipinski definition) is 1. The molecule has 0 aliphatic carbocycles. The lowest BCUT2D eigenvalue weighted by atomic mass is 10.1. The van der Waals surface area contributed by atoms with Gasteiger partial charge in [0.2, 0.25) is 0 Å². The lowest BCUT2D eigenvalue weighted by molar-refractivity contribution is 0.0951. The molecule has 0 atom stereocenters. The van der Waals surface area contributed by atoms with E-state index in [2.05, 4.69) is 5.32 Å². The zero-order valence-corrected chi connectivity index (χ0v) is 10.7. The number of methoxy groups -OCH3 is 1. The van der Waals surface area contributed by atoms with Crippen LogP contribution in [-0.4, -0.2) is 19.6 Å². The van der Waals surface area contributed by atoms with Crippen LogP contribution in [0.1, 0.15) is 23.7 Å². The third kappa shape index (κ3) is 2.45. The number of carbonyl (C=O) groups excluding carboxylic acids is 1. The van der Waals surface area contributed by atoms with E-state index in [1.54, 1.807) is 7.11 Å². The molecule has 0 spiro atoms. The van der Waals surface area contributed by atoms with Gasteiger partial charge in [-0.2, -0.15) is 0 Å². The summed E-state index contributed by atoms with van der Waals surface area (Å²) in [5, 5.41) is 4.98. The van der Waals surface area contributed by atoms with Crippen LogP contribution in [0.5, 0.6) is 5.75 Å². The van der Waals surface area contributed by atoms with Crippen molar-refractivity contribution < 1.29 is 9.53 Å². The Morgan fingerprint density at radius 1 is 1.22 bits per heavy atom. The minimum Gasteiger partial charge on any atom is -0.496 e. The van der Waals surface area contributed by atoms with Gasteiger partial charge < -0.3 is 10.1 Å². The van der Waals surface area contributed by atoms with Crippen molar-refractivity contribution in [3.63, 3.8) is 0 Å². The van der Waals surface area contributed by atoms with Gasteiger partial charge in [0.05, 0.1) is 12.7 Å². The summed E-state index contributed by atoms with van der Waals surface area (Å²) in [7, 11) is 1.58. The molecule has 94 valence electrons. The fourth-order valence-corrected chi connectivity index (χ4v) is 1.90. The summed E-state index contributed by atoms with van der Waals surface area (Å²) >= 11 is 0. The Labute approximate surface area is 107 Å². The van der Waals surface area contributed by atoms with Crippen molar-refractivity contribution in [3.8, 4) is 5.75 Å². The van der Waals surface area contributed by atoms with Gasteiger partial charge in [0.25, 0.3) is 5.91 Å². The minimum atomic E-state index is -0.0838. The van der Waals surface area contributed by atoms with Crippen LogP contribution in [0.3, 0.4) is 0 Å². The Balaban J connectivity index is 2.44. The van der Waals surface area contributed by atoms with Gasteiger partial charge in [-0.05, 0) is 29.3 Å². The van der Waals surface area contributed by atoms with Crippen LogP contribution in [0.4, 0.5) is 0 Å². The zero-order chi connectivity index (χ0) is 13.0. The number of rotatable bonds is 4. The molecule has 3 nitrogen and oxygen atoms in total. The molecule has 0 aromatic heterocycles. The molecule has 0 saturated heterocycles. The Kier molecular flexibility index (Phi) is 3.82. The molecule has 3 heteroatoms. The van der Waals surface area contributed by atoms with Crippen molar-refractivity contribution in [2.24, 2.45) is 0 Å². The first-order valence-electron chi connectivity index (χ1n) is 6.11. The number of benzene rings is 2. The maximum absolute atomic E-state index is 12.0. The third-order valence-corrected chi connectivity index (χ3v) is 2.85. The number of carbonyl (C=O) groups is 1. The summed E-state index contributed by atoms with van der Waals surface area (Å²) in [4.78, 5) is 12.0. The van der Waals surface area contributed by atoms with Crippen molar-refractivity contribution in [2.45, 2.75) is 13.3 Å². The Morgan fingerprint density at radius 3 is 2.50 bits per heavy atom. The second-order valence-electron chi connectivity index (χ2n) is 4.16. The minimum absolute atomic E-state index is 0.0838. The van der Waals surface area contributed by atoms with Crippen LogP contribution < -0.4 is 10.1 Å². The van der Waals surface area contributed by atoms with Crippen molar-refractivity contribution in [3.05, 3.63) is 42.0 Å². The Hall–Kier alpha value is -2.03. The van der Waals surface area contributed by atoms with Gasteiger partial charge in [0.15, 0.2) is 0 Å². The molecule has 1 amide bonds. The average Bonchev–Trinajstić information content (AvgIpc) is 2.43. The van der Waals surface area contributed by atoms with Crippen LogP contribution in [0.2, 0.25) is 0 Å².